The van der Waals surface area contributed by atoms with Crippen molar-refractivity contribution in [1.29, 1.82) is 0 Å². The lowest BCUT2D eigenvalue weighted by molar-refractivity contribution is 0.666. The minimum Gasteiger partial charge on any atom is -0.397 e. The van der Waals surface area contributed by atoms with Crippen molar-refractivity contribution in [3.05, 3.63) is 36.4 Å². The van der Waals surface area contributed by atoms with Gasteiger partial charge in [0.1, 0.15) is 0 Å². The van der Waals surface area contributed by atoms with Crippen molar-refractivity contribution < 1.29 is 0 Å². The van der Waals surface area contributed by atoms with Crippen LogP contribution in [0.5, 0.6) is 0 Å². The molecular formula is C24H30N4. The van der Waals surface area contributed by atoms with Crippen LogP contribution in [0.2, 0.25) is 0 Å². The average molecular weight is 375 g/mol. The third kappa shape index (κ3) is 4.44. The number of nitrogens with zero attached hydrogens (tertiary/aromatic N) is 2. The molecule has 4 N–H and O–H groups in total. The van der Waals surface area contributed by atoms with Crippen LogP contribution in [0.15, 0.2) is 46.4 Å². The Balaban J connectivity index is 1.74. The third-order valence-electron chi connectivity index (χ3n) is 5.81. The molecule has 0 radical (unpaired) electrons. The van der Waals surface area contributed by atoms with Crippen LogP contribution in [0.25, 0.3) is 11.1 Å². The Morgan fingerprint density at radius 1 is 0.536 bits per heavy atom. The predicted octanol–water partition coefficient (Wildman–Crippen LogP) is 6.59. The maximum Gasteiger partial charge on any atom is 0.0891 e. The molecule has 4 rings (SSSR count). The van der Waals surface area contributed by atoms with Gasteiger partial charge < -0.3 is 11.5 Å². The van der Waals surface area contributed by atoms with E-state index in [1.54, 1.807) is 0 Å². The van der Waals surface area contributed by atoms with Crippen molar-refractivity contribution in [2.45, 2.75) is 64.2 Å². The van der Waals surface area contributed by atoms with Crippen LogP contribution in [-0.2, 0) is 0 Å². The number of anilines is 2. The lowest BCUT2D eigenvalue weighted by atomic mass is 9.97. The third-order valence-corrected chi connectivity index (χ3v) is 5.81. The summed E-state index contributed by atoms with van der Waals surface area (Å²) in [5.41, 5.74) is 19.9. The summed E-state index contributed by atoms with van der Waals surface area (Å²) in [5, 5.41) is 0. The van der Waals surface area contributed by atoms with Crippen LogP contribution in [0.4, 0.5) is 22.7 Å². The zero-order valence-corrected chi connectivity index (χ0v) is 16.6. The van der Waals surface area contributed by atoms with Gasteiger partial charge >= 0.3 is 0 Å². The van der Waals surface area contributed by atoms with Gasteiger partial charge in [0.25, 0.3) is 0 Å². The van der Waals surface area contributed by atoms with Crippen molar-refractivity contribution in [1.82, 2.24) is 0 Å². The maximum atomic E-state index is 6.02. The monoisotopic (exact) mass is 374 g/mol. The number of nitrogen functional groups attached to an aromatic ring is 2. The minimum absolute atomic E-state index is 0.615. The number of hydrogen-bond donors (Lipinski definition) is 2. The van der Waals surface area contributed by atoms with E-state index in [0.717, 1.165) is 48.2 Å². The molecule has 2 aliphatic rings. The molecular weight excluding hydrogens is 344 g/mol. The highest BCUT2D eigenvalue weighted by Crippen LogP contribution is 2.36. The molecule has 0 amide bonds. The highest BCUT2D eigenvalue weighted by molar-refractivity contribution is 5.93. The largest absolute Gasteiger partial charge is 0.397 e. The summed E-state index contributed by atoms with van der Waals surface area (Å²) in [6.07, 6.45) is 12.1. The first-order valence-corrected chi connectivity index (χ1v) is 10.6. The smallest absolute Gasteiger partial charge is 0.0891 e. The molecule has 4 nitrogen and oxygen atoms in total. The van der Waals surface area contributed by atoms with Gasteiger partial charge in [-0.05, 0) is 86.8 Å². The Kier molecular flexibility index (Phi) is 5.75. The lowest BCUT2D eigenvalue weighted by Crippen LogP contribution is -2.05. The van der Waals surface area contributed by atoms with E-state index >= 15 is 0 Å². The van der Waals surface area contributed by atoms with E-state index in [-0.39, 0.29) is 0 Å². The van der Waals surface area contributed by atoms with Crippen LogP contribution in [-0.4, -0.2) is 11.4 Å². The van der Waals surface area contributed by atoms with E-state index in [2.05, 4.69) is 18.2 Å². The average Bonchev–Trinajstić information content (AvgIpc) is 2.73. The molecule has 28 heavy (non-hydrogen) atoms. The second-order valence-corrected chi connectivity index (χ2v) is 8.02. The standard InChI is InChI=1S/C24H30N4/c25-21-13-11-17(15-22(21)26)18-12-14-23(27-19-7-3-1-4-8-19)24(16-18)28-20-9-5-2-6-10-20/h11-16H,1-10,25-26H2. The maximum absolute atomic E-state index is 6.02. The van der Waals surface area contributed by atoms with Crippen molar-refractivity contribution in [2.24, 2.45) is 9.98 Å². The highest BCUT2D eigenvalue weighted by atomic mass is 14.8. The Morgan fingerprint density at radius 3 is 1.68 bits per heavy atom. The summed E-state index contributed by atoms with van der Waals surface area (Å²) in [7, 11) is 0. The number of nitrogens with two attached hydrogens (primary N) is 2. The Hall–Kier alpha value is -2.62. The van der Waals surface area contributed by atoms with Crippen LogP contribution in [0.3, 0.4) is 0 Å². The van der Waals surface area contributed by atoms with Crippen molar-refractivity contribution in [3.8, 4) is 11.1 Å². The van der Waals surface area contributed by atoms with Gasteiger partial charge in [-0.1, -0.05) is 25.0 Å². The molecule has 0 spiro atoms. The number of benzene rings is 2. The summed E-state index contributed by atoms with van der Waals surface area (Å²) in [4.78, 5) is 10.1. The molecule has 2 fully saturated rings. The zero-order chi connectivity index (χ0) is 19.3. The molecule has 0 aliphatic heterocycles. The molecule has 0 heterocycles. The first-order valence-electron chi connectivity index (χ1n) is 10.6. The number of rotatable bonds is 3. The van der Waals surface area contributed by atoms with Gasteiger partial charge in [-0.15, -0.1) is 0 Å². The Labute approximate surface area is 167 Å². The van der Waals surface area contributed by atoms with Gasteiger partial charge in [-0.2, -0.15) is 0 Å². The normalized spacial score (nSPS) is 17.4. The van der Waals surface area contributed by atoms with Crippen molar-refractivity contribution in [3.63, 3.8) is 0 Å². The van der Waals surface area contributed by atoms with Gasteiger partial charge in [-0.3, -0.25) is 9.98 Å². The Morgan fingerprint density at radius 2 is 1.07 bits per heavy atom. The van der Waals surface area contributed by atoms with Gasteiger partial charge in [-0.25, -0.2) is 0 Å². The van der Waals surface area contributed by atoms with E-state index in [4.69, 9.17) is 21.5 Å². The SMILES string of the molecule is Nc1ccc(-c2ccc(N=C3CCCCC3)c(N=C3CCCCC3)c2)cc1N. The topological polar surface area (TPSA) is 76.8 Å². The zero-order valence-electron chi connectivity index (χ0n) is 16.6. The lowest BCUT2D eigenvalue weighted by Gasteiger charge is -2.15. The molecule has 0 atom stereocenters. The second kappa shape index (κ2) is 8.59. The van der Waals surface area contributed by atoms with Crippen LogP contribution >= 0.6 is 0 Å². The van der Waals surface area contributed by atoms with Gasteiger partial charge in [0.2, 0.25) is 0 Å². The fourth-order valence-electron chi connectivity index (χ4n) is 4.13. The number of aliphatic imine (C=N–C) groups is 2. The van der Waals surface area contributed by atoms with E-state index in [1.165, 1.54) is 49.9 Å². The molecule has 0 unspecified atom stereocenters. The summed E-state index contributed by atoms with van der Waals surface area (Å²) in [6, 6.07) is 12.2. The quantitative estimate of drug-likeness (QED) is 0.594. The van der Waals surface area contributed by atoms with E-state index < -0.39 is 0 Å². The summed E-state index contributed by atoms with van der Waals surface area (Å²) < 4.78 is 0. The molecule has 2 aromatic carbocycles. The van der Waals surface area contributed by atoms with Crippen molar-refractivity contribution in [2.75, 3.05) is 11.5 Å². The predicted molar refractivity (Wildman–Crippen MR) is 121 cm³/mol. The summed E-state index contributed by atoms with van der Waals surface area (Å²) in [6.45, 7) is 0. The highest BCUT2D eigenvalue weighted by Gasteiger charge is 2.12. The molecule has 146 valence electrons. The van der Waals surface area contributed by atoms with Crippen LogP contribution in [0, 0.1) is 0 Å². The first kappa shape index (κ1) is 18.7. The van der Waals surface area contributed by atoms with Crippen LogP contribution < -0.4 is 11.5 Å². The fraction of sp³-hybridized carbons (Fsp3) is 0.417. The molecule has 0 saturated heterocycles. The molecule has 2 saturated carbocycles. The van der Waals surface area contributed by atoms with Gasteiger partial charge in [0.15, 0.2) is 0 Å². The van der Waals surface area contributed by atoms with E-state index in [9.17, 15) is 0 Å². The first-order chi connectivity index (χ1) is 13.7. The van der Waals surface area contributed by atoms with E-state index in [1.807, 2.05) is 18.2 Å². The summed E-state index contributed by atoms with van der Waals surface area (Å²) in [5.74, 6) is 0. The fourth-order valence-corrected chi connectivity index (χ4v) is 4.13. The second-order valence-electron chi connectivity index (χ2n) is 8.02. The minimum atomic E-state index is 0.615. The van der Waals surface area contributed by atoms with Gasteiger partial charge in [0.05, 0.1) is 22.7 Å². The van der Waals surface area contributed by atoms with Gasteiger partial charge in [0, 0.05) is 11.4 Å². The molecule has 0 bridgehead atoms. The van der Waals surface area contributed by atoms with Crippen molar-refractivity contribution >= 4 is 34.2 Å². The molecule has 2 aliphatic carbocycles. The van der Waals surface area contributed by atoms with Crippen LogP contribution in [0.1, 0.15) is 64.2 Å². The molecule has 2 aromatic rings. The number of hydrogen-bond acceptors (Lipinski definition) is 4. The Bertz CT molecular complexity index is 895. The molecule has 0 aromatic heterocycles. The van der Waals surface area contributed by atoms with E-state index in [0.29, 0.717) is 11.4 Å². The summed E-state index contributed by atoms with van der Waals surface area (Å²) >= 11 is 0. The molecule has 4 heteroatoms.